The molecule has 2 atom stereocenters. The number of rotatable bonds is 5. The van der Waals surface area contributed by atoms with Crippen molar-refractivity contribution < 1.29 is 18.7 Å². The van der Waals surface area contributed by atoms with Crippen LogP contribution in [0.15, 0.2) is 35.5 Å². The number of carbonyl (C=O) groups is 1. The van der Waals surface area contributed by atoms with Crippen LogP contribution in [0.1, 0.15) is 25.5 Å². The summed E-state index contributed by atoms with van der Waals surface area (Å²) in [6.45, 7) is 4.19. The maximum atomic E-state index is 13.6. The first-order valence-electron chi connectivity index (χ1n) is 7.53. The predicted molar refractivity (Wildman–Crippen MR) is 92.8 cm³/mol. The molecule has 7 heteroatoms. The smallest absolute Gasteiger partial charge is 0.337 e. The van der Waals surface area contributed by atoms with Crippen LogP contribution in [0, 0.1) is 5.82 Å². The number of benzene rings is 1. The Morgan fingerprint density at radius 3 is 2.75 bits per heavy atom. The van der Waals surface area contributed by atoms with Gasteiger partial charge in [-0.1, -0.05) is 12.1 Å². The predicted octanol–water partition coefficient (Wildman–Crippen LogP) is 2.54. The molecule has 1 aromatic carbocycles. The van der Waals surface area contributed by atoms with Gasteiger partial charge in [0, 0.05) is 12.8 Å². The van der Waals surface area contributed by atoms with E-state index in [2.05, 4.69) is 5.32 Å². The monoisotopic (exact) mass is 352 g/mol. The molecule has 1 aromatic rings. The highest BCUT2D eigenvalue weighted by molar-refractivity contribution is 7.80. The molecule has 0 radical (unpaired) electrons. The zero-order chi connectivity index (χ0) is 17.9. The lowest BCUT2D eigenvalue weighted by Gasteiger charge is -2.40. The number of halogens is 1. The second-order valence-electron chi connectivity index (χ2n) is 5.60. The molecule has 0 aliphatic carbocycles. The molecular weight excluding hydrogens is 331 g/mol. The van der Waals surface area contributed by atoms with Crippen molar-refractivity contribution >= 4 is 23.3 Å². The minimum atomic E-state index is -0.563. The van der Waals surface area contributed by atoms with Crippen LogP contribution in [-0.2, 0) is 14.3 Å². The van der Waals surface area contributed by atoms with E-state index < -0.39 is 12.0 Å². The highest BCUT2D eigenvalue weighted by Crippen LogP contribution is 2.32. The van der Waals surface area contributed by atoms with E-state index in [0.29, 0.717) is 28.6 Å². The molecule has 0 saturated carbocycles. The molecule has 0 spiro atoms. The van der Waals surface area contributed by atoms with Crippen LogP contribution in [0.3, 0.4) is 0 Å². The van der Waals surface area contributed by atoms with Gasteiger partial charge >= 0.3 is 5.97 Å². The maximum Gasteiger partial charge on any atom is 0.337 e. The first-order chi connectivity index (χ1) is 11.4. The number of carbonyl (C=O) groups excluding carboxylic acids is 1. The Balaban J connectivity index is 2.53. The molecule has 1 aliphatic rings. The number of allylic oxidation sites excluding steroid dienone is 1. The van der Waals surface area contributed by atoms with Gasteiger partial charge in [0.25, 0.3) is 0 Å². The van der Waals surface area contributed by atoms with E-state index >= 15 is 0 Å². The van der Waals surface area contributed by atoms with Gasteiger partial charge in [-0.2, -0.15) is 0 Å². The minimum Gasteiger partial charge on any atom is -0.466 e. The summed E-state index contributed by atoms with van der Waals surface area (Å²) in [5, 5.41) is 3.58. The molecule has 1 aliphatic heterocycles. The Hall–Kier alpha value is -1.99. The molecular formula is C17H21FN2O3S. The summed E-state index contributed by atoms with van der Waals surface area (Å²) in [7, 11) is 2.92. The van der Waals surface area contributed by atoms with Gasteiger partial charge in [-0.15, -0.1) is 0 Å². The zero-order valence-corrected chi connectivity index (χ0v) is 14.9. The lowest BCUT2D eigenvalue weighted by molar-refractivity contribution is -0.136. The normalized spacial score (nSPS) is 19.1. The van der Waals surface area contributed by atoms with Crippen LogP contribution >= 0.6 is 12.2 Å². The van der Waals surface area contributed by atoms with Crippen molar-refractivity contribution in [3.05, 3.63) is 46.9 Å². The first kappa shape index (κ1) is 18.4. The largest absolute Gasteiger partial charge is 0.466 e. The molecule has 0 amide bonds. The van der Waals surface area contributed by atoms with Gasteiger partial charge in [0.05, 0.1) is 31.4 Å². The average Bonchev–Trinajstić information content (AvgIpc) is 2.54. The van der Waals surface area contributed by atoms with Gasteiger partial charge in [0.1, 0.15) is 5.82 Å². The van der Waals surface area contributed by atoms with Gasteiger partial charge in [-0.25, -0.2) is 9.18 Å². The van der Waals surface area contributed by atoms with Crippen LogP contribution in [0.25, 0.3) is 0 Å². The van der Waals surface area contributed by atoms with Crippen LogP contribution < -0.4 is 5.32 Å². The van der Waals surface area contributed by atoms with Crippen molar-refractivity contribution in [3.63, 3.8) is 0 Å². The third kappa shape index (κ3) is 3.57. The number of thiocarbonyl (C=S) groups is 1. The van der Waals surface area contributed by atoms with Gasteiger partial charge < -0.3 is 19.7 Å². The Labute approximate surface area is 146 Å². The van der Waals surface area contributed by atoms with Crippen molar-refractivity contribution in [3.8, 4) is 0 Å². The number of esters is 1. The highest BCUT2D eigenvalue weighted by atomic mass is 32.1. The van der Waals surface area contributed by atoms with E-state index in [4.69, 9.17) is 21.7 Å². The van der Waals surface area contributed by atoms with E-state index in [-0.39, 0.29) is 11.9 Å². The van der Waals surface area contributed by atoms with Gasteiger partial charge in [-0.05, 0) is 43.8 Å². The minimum absolute atomic E-state index is 0.0666. The Kier molecular flexibility index (Phi) is 5.90. The molecule has 0 unspecified atom stereocenters. The van der Waals surface area contributed by atoms with Gasteiger partial charge in [0.2, 0.25) is 0 Å². The van der Waals surface area contributed by atoms with Crippen molar-refractivity contribution in [2.24, 2.45) is 0 Å². The van der Waals surface area contributed by atoms with Crippen LogP contribution in [-0.4, -0.2) is 42.8 Å². The van der Waals surface area contributed by atoms with Crippen molar-refractivity contribution in [2.45, 2.75) is 25.9 Å². The molecule has 0 fully saturated rings. The Morgan fingerprint density at radius 1 is 1.46 bits per heavy atom. The number of hydrogen-bond donors (Lipinski definition) is 1. The van der Waals surface area contributed by atoms with Gasteiger partial charge in [0.15, 0.2) is 5.11 Å². The summed E-state index contributed by atoms with van der Waals surface area (Å²) in [6, 6.07) is 5.44. The quantitative estimate of drug-likeness (QED) is 0.649. The number of hydrogen-bond acceptors (Lipinski definition) is 4. The standard InChI is InChI=1S/C17H21FN2O3S/c1-10(9-22-3)20-11(2)14(16(21)23-4)15(19-17(20)24)12-6-5-7-13(18)8-12/h5-8,10,15H,9H2,1-4H3,(H,19,24)/t10-,15-/m0/s1. The molecule has 0 bridgehead atoms. The van der Waals surface area contributed by atoms with Crippen molar-refractivity contribution in [1.29, 1.82) is 0 Å². The lowest BCUT2D eigenvalue weighted by Crippen LogP contribution is -2.52. The van der Waals surface area contributed by atoms with Crippen LogP contribution in [0.4, 0.5) is 4.39 Å². The van der Waals surface area contributed by atoms with E-state index in [1.54, 1.807) is 26.2 Å². The third-order valence-electron chi connectivity index (χ3n) is 3.96. The summed E-state index contributed by atoms with van der Waals surface area (Å²) >= 11 is 5.46. The maximum absolute atomic E-state index is 13.6. The van der Waals surface area contributed by atoms with E-state index in [1.807, 2.05) is 11.8 Å². The molecule has 2 rings (SSSR count). The van der Waals surface area contributed by atoms with Crippen molar-refractivity contribution in [2.75, 3.05) is 20.8 Å². The van der Waals surface area contributed by atoms with E-state index in [0.717, 1.165) is 0 Å². The molecule has 1 heterocycles. The summed E-state index contributed by atoms with van der Waals surface area (Å²) in [5.41, 5.74) is 1.68. The van der Waals surface area contributed by atoms with Crippen molar-refractivity contribution in [1.82, 2.24) is 10.2 Å². The lowest BCUT2D eigenvalue weighted by atomic mass is 9.94. The second kappa shape index (κ2) is 7.72. The number of methoxy groups -OCH3 is 2. The average molecular weight is 352 g/mol. The summed E-state index contributed by atoms with van der Waals surface area (Å²) < 4.78 is 23.7. The number of nitrogens with one attached hydrogen (secondary N) is 1. The molecule has 0 saturated heterocycles. The molecule has 130 valence electrons. The van der Waals surface area contributed by atoms with E-state index in [9.17, 15) is 9.18 Å². The zero-order valence-electron chi connectivity index (χ0n) is 14.1. The number of ether oxygens (including phenoxy) is 2. The van der Waals surface area contributed by atoms with E-state index in [1.165, 1.54) is 19.2 Å². The Morgan fingerprint density at radius 2 is 2.17 bits per heavy atom. The topological polar surface area (TPSA) is 50.8 Å². The fraction of sp³-hybridized carbons (Fsp3) is 0.412. The fourth-order valence-corrected chi connectivity index (χ4v) is 3.35. The van der Waals surface area contributed by atoms with Crippen LogP contribution in [0.2, 0.25) is 0 Å². The molecule has 24 heavy (non-hydrogen) atoms. The summed E-state index contributed by atoms with van der Waals surface area (Å²) in [5.74, 6) is -0.858. The first-order valence-corrected chi connectivity index (χ1v) is 7.94. The van der Waals surface area contributed by atoms with Crippen LogP contribution in [0.5, 0.6) is 0 Å². The van der Waals surface area contributed by atoms with Gasteiger partial charge in [-0.3, -0.25) is 0 Å². The molecule has 1 N–H and O–H groups in total. The number of nitrogens with zero attached hydrogens (tertiary/aromatic N) is 1. The molecule has 5 nitrogen and oxygen atoms in total. The Bertz CT molecular complexity index is 678. The SMILES string of the molecule is COC[C@H](C)N1C(=S)N[C@@H](c2cccc(F)c2)C(C(=O)OC)=C1C. The third-order valence-corrected chi connectivity index (χ3v) is 4.28. The fourth-order valence-electron chi connectivity index (χ4n) is 2.91. The summed E-state index contributed by atoms with van der Waals surface area (Å²) in [4.78, 5) is 14.2. The molecule has 0 aromatic heterocycles. The summed E-state index contributed by atoms with van der Waals surface area (Å²) in [6.07, 6.45) is 0. The highest BCUT2D eigenvalue weighted by Gasteiger charge is 2.36. The second-order valence-corrected chi connectivity index (χ2v) is 5.99.